The van der Waals surface area contributed by atoms with Crippen molar-refractivity contribution in [2.45, 2.75) is 46.2 Å². The minimum atomic E-state index is -4.78. The number of methoxy groups -OCH3 is 1. The third-order valence-electron chi connectivity index (χ3n) is 3.85. The van der Waals surface area contributed by atoms with Gasteiger partial charge in [-0.1, -0.05) is 13.8 Å². The summed E-state index contributed by atoms with van der Waals surface area (Å²) >= 11 is 3.45. The number of nitrogens with zero attached hydrogens (tertiary/aromatic N) is 2. The van der Waals surface area contributed by atoms with Crippen LogP contribution in [0.5, 0.6) is 11.5 Å². The summed E-state index contributed by atoms with van der Waals surface area (Å²) in [5.41, 5.74) is 1.63. The van der Waals surface area contributed by atoms with E-state index in [9.17, 15) is 13.2 Å². The molecule has 1 aliphatic heterocycles. The summed E-state index contributed by atoms with van der Waals surface area (Å²) in [5.74, 6) is 0.231. The van der Waals surface area contributed by atoms with Gasteiger partial charge < -0.3 is 18.8 Å². The van der Waals surface area contributed by atoms with Gasteiger partial charge in [0.2, 0.25) is 0 Å². The summed E-state index contributed by atoms with van der Waals surface area (Å²) < 4.78 is 54.9. The number of hydrogen-bond acceptors (Lipinski definition) is 4. The predicted octanol–water partition coefficient (Wildman–Crippen LogP) is 5.21. The van der Waals surface area contributed by atoms with Crippen LogP contribution in [0.2, 0.25) is 0 Å². The van der Waals surface area contributed by atoms with Crippen molar-refractivity contribution in [2.24, 2.45) is 0 Å². The summed E-state index contributed by atoms with van der Waals surface area (Å²) in [6, 6.07) is 4.25. The number of rotatable bonds is 3. The van der Waals surface area contributed by atoms with E-state index in [1.807, 2.05) is 25.3 Å². The zero-order valence-corrected chi connectivity index (χ0v) is 17.1. The lowest BCUT2D eigenvalue weighted by Gasteiger charge is -2.15. The van der Waals surface area contributed by atoms with Gasteiger partial charge in [0.25, 0.3) is 0 Å². The Balaban J connectivity index is 0.00000126. The number of ether oxygens (including phenoxy) is 3. The predicted molar refractivity (Wildman–Crippen MR) is 99.1 cm³/mol. The fourth-order valence-corrected chi connectivity index (χ4v) is 3.37. The first-order valence-corrected chi connectivity index (χ1v) is 9.38. The molecule has 0 bridgehead atoms. The van der Waals surface area contributed by atoms with Gasteiger partial charge in [-0.15, -0.1) is 13.2 Å². The highest BCUT2D eigenvalue weighted by atomic mass is 79.9. The number of alkyl halides is 3. The molecule has 0 amide bonds. The van der Waals surface area contributed by atoms with E-state index >= 15 is 0 Å². The van der Waals surface area contributed by atoms with Gasteiger partial charge in [-0.05, 0) is 41.1 Å². The van der Waals surface area contributed by atoms with Crippen LogP contribution in [0.1, 0.15) is 26.5 Å². The van der Waals surface area contributed by atoms with Gasteiger partial charge in [0.05, 0.1) is 32.1 Å². The van der Waals surface area contributed by atoms with E-state index in [-0.39, 0.29) is 11.9 Å². The molecule has 5 nitrogen and oxygen atoms in total. The summed E-state index contributed by atoms with van der Waals surface area (Å²) in [5, 5.41) is 0. The first-order valence-electron chi connectivity index (χ1n) is 8.59. The Labute approximate surface area is 164 Å². The minimum Gasteiger partial charge on any atom is -0.493 e. The van der Waals surface area contributed by atoms with Crippen LogP contribution in [0.25, 0.3) is 11.4 Å². The Morgan fingerprint density at radius 2 is 1.96 bits per heavy atom. The molecule has 1 unspecified atom stereocenters. The Morgan fingerprint density at radius 3 is 2.59 bits per heavy atom. The van der Waals surface area contributed by atoms with Crippen LogP contribution in [0.15, 0.2) is 22.8 Å². The lowest BCUT2D eigenvalue weighted by Crippen LogP contribution is -2.17. The molecule has 1 atom stereocenters. The molecule has 0 fully saturated rings. The lowest BCUT2D eigenvalue weighted by atomic mass is 10.2. The maximum Gasteiger partial charge on any atom is 0.573 e. The van der Waals surface area contributed by atoms with Gasteiger partial charge in [0.1, 0.15) is 10.4 Å². The van der Waals surface area contributed by atoms with Gasteiger partial charge in [0.15, 0.2) is 11.5 Å². The van der Waals surface area contributed by atoms with Crippen LogP contribution >= 0.6 is 15.9 Å². The third kappa shape index (κ3) is 5.16. The molecule has 0 spiro atoms. The van der Waals surface area contributed by atoms with Gasteiger partial charge in [0, 0.05) is 12.0 Å². The van der Waals surface area contributed by atoms with Gasteiger partial charge in [-0.2, -0.15) is 0 Å². The second-order valence-electron chi connectivity index (χ2n) is 5.63. The second-order valence-corrected chi connectivity index (χ2v) is 6.38. The average molecular weight is 451 g/mol. The molecule has 150 valence electrons. The Hall–Kier alpha value is -1.74. The maximum atomic E-state index is 12.5. The second kappa shape index (κ2) is 8.97. The number of fused-ring (bicyclic) bond motifs is 1. The molecule has 1 aromatic heterocycles. The van der Waals surface area contributed by atoms with E-state index in [4.69, 9.17) is 9.47 Å². The van der Waals surface area contributed by atoms with E-state index in [1.54, 1.807) is 0 Å². The van der Waals surface area contributed by atoms with Crippen LogP contribution in [0, 0.1) is 0 Å². The zero-order valence-electron chi connectivity index (χ0n) is 15.6. The van der Waals surface area contributed by atoms with Crippen LogP contribution < -0.4 is 9.47 Å². The topological polar surface area (TPSA) is 45.5 Å². The SMILES string of the molecule is CC.COc1cc(-c2nc(Br)c3n2CC(C)OCC3)ccc1OC(F)(F)F. The minimum absolute atomic E-state index is 0.0100. The monoisotopic (exact) mass is 450 g/mol. The fraction of sp³-hybridized carbons (Fsp3) is 0.500. The van der Waals surface area contributed by atoms with Crippen molar-refractivity contribution >= 4 is 15.9 Å². The van der Waals surface area contributed by atoms with E-state index in [1.165, 1.54) is 25.3 Å². The van der Waals surface area contributed by atoms with E-state index in [2.05, 4.69) is 25.7 Å². The Bertz CT molecular complexity index is 778. The zero-order chi connectivity index (χ0) is 20.2. The first-order chi connectivity index (χ1) is 12.8. The first kappa shape index (κ1) is 21.6. The van der Waals surface area contributed by atoms with E-state index < -0.39 is 12.1 Å². The smallest absolute Gasteiger partial charge is 0.493 e. The van der Waals surface area contributed by atoms with Gasteiger partial charge >= 0.3 is 6.36 Å². The van der Waals surface area contributed by atoms with E-state index in [0.29, 0.717) is 35.6 Å². The highest BCUT2D eigenvalue weighted by Crippen LogP contribution is 2.37. The summed E-state index contributed by atoms with van der Waals surface area (Å²) in [6.07, 6.45) is -4.07. The quantitative estimate of drug-likeness (QED) is 0.643. The molecule has 2 heterocycles. The fourth-order valence-electron chi connectivity index (χ4n) is 2.79. The Kier molecular flexibility index (Phi) is 7.16. The molecule has 0 saturated carbocycles. The van der Waals surface area contributed by atoms with Crippen LogP contribution in [-0.4, -0.2) is 35.7 Å². The number of benzene rings is 1. The normalized spacial score (nSPS) is 16.7. The molecule has 3 rings (SSSR count). The molecule has 0 radical (unpaired) electrons. The third-order valence-corrected chi connectivity index (χ3v) is 4.49. The van der Waals surface area contributed by atoms with Crippen molar-refractivity contribution in [3.05, 3.63) is 28.5 Å². The summed E-state index contributed by atoms with van der Waals surface area (Å²) in [4.78, 5) is 4.52. The number of halogens is 4. The van der Waals surface area contributed by atoms with Gasteiger partial charge in [-0.3, -0.25) is 0 Å². The molecule has 1 aliphatic rings. The van der Waals surface area contributed by atoms with E-state index in [0.717, 1.165) is 5.69 Å². The summed E-state index contributed by atoms with van der Waals surface area (Å²) in [7, 11) is 1.29. The Morgan fingerprint density at radius 1 is 1.26 bits per heavy atom. The van der Waals surface area contributed by atoms with Crippen LogP contribution in [-0.2, 0) is 17.7 Å². The highest BCUT2D eigenvalue weighted by molar-refractivity contribution is 9.10. The number of imidazole rings is 1. The number of hydrogen-bond donors (Lipinski definition) is 0. The standard InChI is InChI=1S/C16H16BrF3N2O3.C2H6/c1-9-8-22-11(5-6-24-9)14(17)21-15(22)10-3-4-12(13(7-10)23-2)25-16(18,19)20;1-2/h3-4,7,9H,5-6,8H2,1-2H3;1-2H3. The van der Waals surface area contributed by atoms with Crippen molar-refractivity contribution in [3.8, 4) is 22.9 Å². The van der Waals surface area contributed by atoms with Crippen molar-refractivity contribution in [1.82, 2.24) is 9.55 Å². The average Bonchev–Trinajstić information content (AvgIpc) is 2.79. The van der Waals surface area contributed by atoms with Gasteiger partial charge in [-0.25, -0.2) is 4.98 Å². The lowest BCUT2D eigenvalue weighted by molar-refractivity contribution is -0.275. The van der Waals surface area contributed by atoms with Crippen LogP contribution in [0.3, 0.4) is 0 Å². The molecule has 9 heteroatoms. The molecule has 2 aromatic rings. The van der Waals surface area contributed by atoms with Crippen molar-refractivity contribution < 1.29 is 27.4 Å². The molecule has 0 aliphatic carbocycles. The largest absolute Gasteiger partial charge is 0.573 e. The molecule has 1 aromatic carbocycles. The molecule has 27 heavy (non-hydrogen) atoms. The molecular weight excluding hydrogens is 429 g/mol. The van der Waals surface area contributed by atoms with Crippen molar-refractivity contribution in [2.75, 3.05) is 13.7 Å². The van der Waals surface area contributed by atoms with Crippen molar-refractivity contribution in [3.63, 3.8) is 0 Å². The molecule has 0 N–H and O–H groups in total. The molecule has 0 saturated heterocycles. The summed E-state index contributed by atoms with van der Waals surface area (Å²) in [6.45, 7) is 7.16. The van der Waals surface area contributed by atoms with Crippen molar-refractivity contribution in [1.29, 1.82) is 0 Å². The van der Waals surface area contributed by atoms with Crippen LogP contribution in [0.4, 0.5) is 13.2 Å². The number of aromatic nitrogens is 2. The maximum absolute atomic E-state index is 12.5. The highest BCUT2D eigenvalue weighted by Gasteiger charge is 2.32. The molecular formula is C18H22BrF3N2O3.